The van der Waals surface area contributed by atoms with E-state index in [9.17, 15) is 15.0 Å². The number of nitrogens with two attached hydrogens (primary N) is 1. The summed E-state index contributed by atoms with van der Waals surface area (Å²) >= 11 is 0. The van der Waals surface area contributed by atoms with Crippen molar-refractivity contribution >= 4 is 6.09 Å². The second-order valence-corrected chi connectivity index (χ2v) is 5.59. The van der Waals surface area contributed by atoms with Gasteiger partial charge in [-0.25, -0.2) is 4.79 Å². The summed E-state index contributed by atoms with van der Waals surface area (Å²) in [6, 6.07) is -0.344. The third kappa shape index (κ3) is 2.47. The van der Waals surface area contributed by atoms with E-state index in [1.807, 2.05) is 20.8 Å². The summed E-state index contributed by atoms with van der Waals surface area (Å²) in [6.07, 6.45) is -0.310. The molecule has 0 aliphatic carbocycles. The molecule has 0 bridgehead atoms. The zero-order valence-corrected chi connectivity index (χ0v) is 10.2. The van der Waals surface area contributed by atoms with Gasteiger partial charge in [-0.15, -0.1) is 0 Å². The molecule has 1 aliphatic rings. The Morgan fingerprint density at radius 2 is 2.06 bits per heavy atom. The molecular formula is C11H22N2O3. The van der Waals surface area contributed by atoms with Gasteiger partial charge in [-0.2, -0.15) is 0 Å². The summed E-state index contributed by atoms with van der Waals surface area (Å²) < 4.78 is 0. The van der Waals surface area contributed by atoms with Crippen LogP contribution in [0.15, 0.2) is 0 Å². The van der Waals surface area contributed by atoms with Gasteiger partial charge in [0.05, 0.1) is 0 Å². The van der Waals surface area contributed by atoms with Crippen molar-refractivity contribution in [3.8, 4) is 0 Å². The van der Waals surface area contributed by atoms with Crippen LogP contribution in [-0.2, 0) is 0 Å². The van der Waals surface area contributed by atoms with E-state index in [1.54, 1.807) is 0 Å². The third-order valence-electron chi connectivity index (χ3n) is 3.34. The van der Waals surface area contributed by atoms with Crippen molar-refractivity contribution in [2.24, 2.45) is 17.1 Å². The zero-order valence-electron chi connectivity index (χ0n) is 10.2. The van der Waals surface area contributed by atoms with Gasteiger partial charge in [0.25, 0.3) is 0 Å². The van der Waals surface area contributed by atoms with Crippen molar-refractivity contribution < 1.29 is 15.0 Å². The molecule has 0 radical (unpaired) electrons. The molecule has 3 atom stereocenters. The molecule has 16 heavy (non-hydrogen) atoms. The smallest absolute Gasteiger partial charge is 0.407 e. The van der Waals surface area contributed by atoms with E-state index in [0.717, 1.165) is 0 Å². The number of amides is 1. The Morgan fingerprint density at radius 3 is 2.44 bits per heavy atom. The predicted molar refractivity (Wildman–Crippen MR) is 61.1 cm³/mol. The number of nitrogens with zero attached hydrogens (tertiary/aromatic N) is 1. The molecule has 5 nitrogen and oxygen atoms in total. The highest BCUT2D eigenvalue weighted by atomic mass is 16.4. The first-order chi connectivity index (χ1) is 7.29. The molecule has 1 amide bonds. The molecule has 0 saturated carbocycles. The Bertz CT molecular complexity index is 262. The maximum atomic E-state index is 11.2. The molecule has 94 valence electrons. The molecule has 0 aromatic carbocycles. The van der Waals surface area contributed by atoms with Gasteiger partial charge in [0, 0.05) is 31.2 Å². The number of aliphatic hydroxyl groups excluding tert-OH is 1. The highest BCUT2D eigenvalue weighted by Gasteiger charge is 2.44. The van der Waals surface area contributed by atoms with E-state index >= 15 is 0 Å². The third-order valence-corrected chi connectivity index (χ3v) is 3.34. The van der Waals surface area contributed by atoms with Gasteiger partial charge < -0.3 is 20.8 Å². The fourth-order valence-corrected chi connectivity index (χ4v) is 2.67. The summed E-state index contributed by atoms with van der Waals surface area (Å²) in [5.74, 6) is -0.176. The molecule has 1 aliphatic heterocycles. The molecular weight excluding hydrogens is 208 g/mol. The normalized spacial score (nSPS) is 31.6. The Balaban J connectivity index is 3.01. The van der Waals surface area contributed by atoms with Crippen molar-refractivity contribution in [2.75, 3.05) is 13.2 Å². The summed E-state index contributed by atoms with van der Waals surface area (Å²) in [4.78, 5) is 12.6. The first-order valence-electron chi connectivity index (χ1n) is 5.65. The second kappa shape index (κ2) is 4.59. The topological polar surface area (TPSA) is 86.8 Å². The number of piperidine rings is 1. The minimum atomic E-state index is -0.926. The van der Waals surface area contributed by atoms with Gasteiger partial charge in [0.1, 0.15) is 0 Å². The molecule has 4 N–H and O–H groups in total. The first-order valence-corrected chi connectivity index (χ1v) is 5.65. The number of likely N-dealkylation sites (tertiary alicyclic amines) is 1. The van der Waals surface area contributed by atoms with E-state index in [2.05, 4.69) is 0 Å². The standard InChI is InChI=1S/C11H22N2O3/c1-11(2,3)9-7(6-14)8(12)4-5-13(9)10(15)16/h7-9,14H,4-6,12H2,1-3H3,(H,15,16). The summed E-state index contributed by atoms with van der Waals surface area (Å²) in [7, 11) is 0. The van der Waals surface area contributed by atoms with E-state index in [4.69, 9.17) is 5.73 Å². The Hall–Kier alpha value is -0.810. The van der Waals surface area contributed by atoms with Gasteiger partial charge in [0.15, 0.2) is 0 Å². The van der Waals surface area contributed by atoms with E-state index in [-0.39, 0.29) is 30.0 Å². The SMILES string of the molecule is CC(C)(C)C1C(CO)C(N)CCN1C(=O)O. The van der Waals surface area contributed by atoms with Crippen molar-refractivity contribution in [2.45, 2.75) is 39.3 Å². The lowest BCUT2D eigenvalue weighted by Gasteiger charge is -2.48. The lowest BCUT2D eigenvalue weighted by atomic mass is 9.72. The van der Waals surface area contributed by atoms with Gasteiger partial charge >= 0.3 is 6.09 Å². The van der Waals surface area contributed by atoms with Gasteiger partial charge in [-0.1, -0.05) is 20.8 Å². The first kappa shape index (κ1) is 13.3. The Labute approximate surface area is 96.2 Å². The van der Waals surface area contributed by atoms with Gasteiger partial charge in [-0.3, -0.25) is 0 Å². The highest BCUT2D eigenvalue weighted by molar-refractivity contribution is 5.65. The monoisotopic (exact) mass is 230 g/mol. The van der Waals surface area contributed by atoms with Crippen molar-refractivity contribution in [3.05, 3.63) is 0 Å². The maximum Gasteiger partial charge on any atom is 0.407 e. The fraction of sp³-hybridized carbons (Fsp3) is 0.909. The second-order valence-electron chi connectivity index (χ2n) is 5.59. The van der Waals surface area contributed by atoms with E-state index in [0.29, 0.717) is 13.0 Å². The lowest BCUT2D eigenvalue weighted by Crippen LogP contribution is -2.61. The molecule has 0 spiro atoms. The quantitative estimate of drug-likeness (QED) is 0.619. The molecule has 0 aromatic rings. The van der Waals surface area contributed by atoms with Crippen molar-refractivity contribution in [3.63, 3.8) is 0 Å². The summed E-state index contributed by atoms with van der Waals surface area (Å²) in [5.41, 5.74) is 5.74. The van der Waals surface area contributed by atoms with Crippen LogP contribution in [0.5, 0.6) is 0 Å². The maximum absolute atomic E-state index is 11.2. The fourth-order valence-electron chi connectivity index (χ4n) is 2.67. The van der Waals surface area contributed by atoms with Crippen molar-refractivity contribution in [1.29, 1.82) is 0 Å². The minimum Gasteiger partial charge on any atom is -0.465 e. The number of carbonyl (C=O) groups is 1. The molecule has 5 heteroatoms. The average Bonchev–Trinajstić information content (AvgIpc) is 2.15. The minimum absolute atomic E-state index is 0.0626. The molecule has 3 unspecified atom stereocenters. The number of aliphatic hydroxyl groups is 1. The van der Waals surface area contributed by atoms with Crippen LogP contribution in [-0.4, -0.2) is 46.4 Å². The van der Waals surface area contributed by atoms with E-state index < -0.39 is 6.09 Å². The molecule has 1 fully saturated rings. The molecule has 1 heterocycles. The number of carboxylic acid groups (broad SMARTS) is 1. The molecule has 1 rings (SSSR count). The summed E-state index contributed by atoms with van der Waals surface area (Å²) in [6.45, 7) is 6.33. The Kier molecular flexibility index (Phi) is 3.80. The molecule has 1 saturated heterocycles. The summed E-state index contributed by atoms with van der Waals surface area (Å²) in [5, 5.41) is 18.6. The van der Waals surface area contributed by atoms with Crippen LogP contribution in [0.25, 0.3) is 0 Å². The van der Waals surface area contributed by atoms with Crippen LogP contribution >= 0.6 is 0 Å². The number of rotatable bonds is 1. The van der Waals surface area contributed by atoms with Crippen LogP contribution in [0.4, 0.5) is 4.79 Å². The number of hydrogen-bond donors (Lipinski definition) is 3. The molecule has 0 aromatic heterocycles. The largest absolute Gasteiger partial charge is 0.465 e. The predicted octanol–water partition coefficient (Wildman–Crippen LogP) is 0.721. The van der Waals surface area contributed by atoms with Crippen molar-refractivity contribution in [1.82, 2.24) is 4.90 Å². The number of hydrogen-bond acceptors (Lipinski definition) is 3. The van der Waals surface area contributed by atoms with Gasteiger partial charge in [-0.05, 0) is 11.8 Å². The Morgan fingerprint density at radius 1 is 1.50 bits per heavy atom. The highest BCUT2D eigenvalue weighted by Crippen LogP contribution is 2.35. The van der Waals surface area contributed by atoms with Crippen LogP contribution in [0.1, 0.15) is 27.2 Å². The van der Waals surface area contributed by atoms with Crippen LogP contribution < -0.4 is 5.73 Å². The zero-order chi connectivity index (χ0) is 12.5. The average molecular weight is 230 g/mol. The van der Waals surface area contributed by atoms with Crippen LogP contribution in [0, 0.1) is 11.3 Å². The van der Waals surface area contributed by atoms with Crippen LogP contribution in [0.2, 0.25) is 0 Å². The van der Waals surface area contributed by atoms with E-state index in [1.165, 1.54) is 4.90 Å². The van der Waals surface area contributed by atoms with Crippen LogP contribution in [0.3, 0.4) is 0 Å². The lowest BCUT2D eigenvalue weighted by molar-refractivity contribution is -0.00681. The van der Waals surface area contributed by atoms with Gasteiger partial charge in [0.2, 0.25) is 0 Å².